The molecular formula is C11H12N2S2. The molecule has 1 atom stereocenters. The van der Waals surface area contributed by atoms with Crippen LogP contribution in [0, 0.1) is 6.92 Å². The minimum atomic E-state index is 0.429. The topological polar surface area (TPSA) is 25.8 Å². The third-order valence-corrected chi connectivity index (χ3v) is 4.14. The van der Waals surface area contributed by atoms with Crippen LogP contribution in [0.4, 0.5) is 0 Å². The molecule has 0 amide bonds. The lowest BCUT2D eigenvalue weighted by atomic mass is 10.2. The summed E-state index contributed by atoms with van der Waals surface area (Å²) in [6.07, 6.45) is 0. The number of nitrogens with zero attached hydrogens (tertiary/aromatic N) is 2. The Kier molecular flexibility index (Phi) is 3.38. The molecule has 1 aromatic heterocycles. The van der Waals surface area contributed by atoms with Gasteiger partial charge < -0.3 is 0 Å². The fourth-order valence-corrected chi connectivity index (χ4v) is 3.36. The van der Waals surface area contributed by atoms with Gasteiger partial charge in [0.25, 0.3) is 0 Å². The summed E-state index contributed by atoms with van der Waals surface area (Å²) < 4.78 is 1.05. The molecule has 4 heteroatoms. The summed E-state index contributed by atoms with van der Waals surface area (Å²) in [6.45, 7) is 4.17. The summed E-state index contributed by atoms with van der Waals surface area (Å²) in [6, 6.07) is 10.5. The summed E-state index contributed by atoms with van der Waals surface area (Å²) in [4.78, 5) is 0. The number of rotatable bonds is 3. The van der Waals surface area contributed by atoms with Crippen LogP contribution in [0.25, 0.3) is 0 Å². The molecule has 0 aliphatic carbocycles. The molecule has 0 aliphatic heterocycles. The molecule has 0 fully saturated rings. The molecule has 1 aromatic carbocycles. The highest BCUT2D eigenvalue weighted by atomic mass is 32.2. The molecule has 2 aromatic rings. The van der Waals surface area contributed by atoms with E-state index in [9.17, 15) is 0 Å². The van der Waals surface area contributed by atoms with Crippen LogP contribution in [0.3, 0.4) is 0 Å². The predicted molar refractivity (Wildman–Crippen MR) is 65.4 cm³/mol. The third-order valence-electron chi connectivity index (χ3n) is 2.05. The zero-order valence-electron chi connectivity index (χ0n) is 8.68. The van der Waals surface area contributed by atoms with Crippen LogP contribution in [-0.2, 0) is 0 Å². The van der Waals surface area contributed by atoms with Crippen LogP contribution in [0.1, 0.15) is 22.7 Å². The summed E-state index contributed by atoms with van der Waals surface area (Å²) in [5.74, 6) is 0. The van der Waals surface area contributed by atoms with E-state index in [4.69, 9.17) is 0 Å². The van der Waals surface area contributed by atoms with Crippen LogP contribution in [0.2, 0.25) is 0 Å². The molecule has 0 saturated carbocycles. The van der Waals surface area contributed by atoms with Crippen molar-refractivity contribution in [3.8, 4) is 0 Å². The molecule has 0 N–H and O–H groups in total. The minimum Gasteiger partial charge on any atom is -0.143 e. The maximum atomic E-state index is 4.11. The van der Waals surface area contributed by atoms with Crippen molar-refractivity contribution in [2.75, 3.05) is 0 Å². The highest BCUT2D eigenvalue weighted by molar-refractivity contribution is 8.01. The predicted octanol–water partition coefficient (Wildman–Crippen LogP) is 3.70. The number of hydrogen-bond acceptors (Lipinski definition) is 4. The lowest BCUT2D eigenvalue weighted by Gasteiger charge is -2.08. The molecule has 15 heavy (non-hydrogen) atoms. The Labute approximate surface area is 97.8 Å². The largest absolute Gasteiger partial charge is 0.174 e. The first-order chi connectivity index (χ1) is 7.25. The van der Waals surface area contributed by atoms with Crippen LogP contribution >= 0.6 is 23.1 Å². The average Bonchev–Trinajstić information content (AvgIpc) is 2.65. The van der Waals surface area contributed by atoms with E-state index in [1.807, 2.05) is 13.0 Å². The summed E-state index contributed by atoms with van der Waals surface area (Å²) in [5.41, 5.74) is 1.33. The van der Waals surface area contributed by atoms with E-state index >= 15 is 0 Å². The first kappa shape index (κ1) is 10.6. The van der Waals surface area contributed by atoms with Gasteiger partial charge in [0, 0.05) is 5.25 Å². The van der Waals surface area contributed by atoms with Crippen molar-refractivity contribution >= 4 is 23.1 Å². The second-order valence-corrected chi connectivity index (χ2v) is 6.03. The normalized spacial score (nSPS) is 12.7. The van der Waals surface area contributed by atoms with Crippen molar-refractivity contribution in [1.29, 1.82) is 0 Å². The first-order valence-corrected chi connectivity index (χ1v) is 6.47. The zero-order chi connectivity index (χ0) is 10.7. The average molecular weight is 236 g/mol. The monoisotopic (exact) mass is 236 g/mol. The SMILES string of the molecule is Cc1nnc(SC(C)c2ccccc2)s1. The Morgan fingerprint density at radius 2 is 1.93 bits per heavy atom. The number of aromatic nitrogens is 2. The van der Waals surface area contributed by atoms with Crippen LogP contribution in [0.15, 0.2) is 34.7 Å². The maximum Gasteiger partial charge on any atom is 0.174 e. The standard InChI is InChI=1S/C11H12N2S2/c1-8(10-6-4-3-5-7-10)14-11-13-12-9(2)15-11/h3-8H,1-2H3. The second-order valence-electron chi connectivity index (χ2n) is 3.26. The molecule has 2 nitrogen and oxygen atoms in total. The number of thioether (sulfide) groups is 1. The first-order valence-electron chi connectivity index (χ1n) is 4.77. The van der Waals surface area contributed by atoms with Crippen LogP contribution < -0.4 is 0 Å². The lowest BCUT2D eigenvalue weighted by Crippen LogP contribution is -1.86. The van der Waals surface area contributed by atoms with Gasteiger partial charge in [0.2, 0.25) is 0 Å². The van der Waals surface area contributed by atoms with Crippen molar-refractivity contribution < 1.29 is 0 Å². The van der Waals surface area contributed by atoms with E-state index in [0.717, 1.165) is 9.35 Å². The van der Waals surface area contributed by atoms with Gasteiger partial charge in [-0.2, -0.15) is 0 Å². The lowest BCUT2D eigenvalue weighted by molar-refractivity contribution is 0.976. The van der Waals surface area contributed by atoms with Crippen molar-refractivity contribution in [3.05, 3.63) is 40.9 Å². The number of benzene rings is 1. The van der Waals surface area contributed by atoms with Crippen molar-refractivity contribution in [1.82, 2.24) is 10.2 Å². The smallest absolute Gasteiger partial charge is 0.143 e. The Morgan fingerprint density at radius 3 is 2.53 bits per heavy atom. The molecule has 0 radical (unpaired) electrons. The molecule has 78 valence electrons. The van der Waals surface area contributed by atoms with Gasteiger partial charge in [0.05, 0.1) is 0 Å². The summed E-state index contributed by atoms with van der Waals surface area (Å²) in [5, 5.41) is 9.58. The van der Waals surface area contributed by atoms with E-state index in [1.165, 1.54) is 5.56 Å². The second kappa shape index (κ2) is 4.77. The van der Waals surface area contributed by atoms with Crippen molar-refractivity contribution in [2.24, 2.45) is 0 Å². The van der Waals surface area contributed by atoms with Gasteiger partial charge in [0.1, 0.15) is 5.01 Å². The summed E-state index contributed by atoms with van der Waals surface area (Å²) >= 11 is 3.41. The van der Waals surface area contributed by atoms with Crippen molar-refractivity contribution in [3.63, 3.8) is 0 Å². The zero-order valence-corrected chi connectivity index (χ0v) is 10.3. The van der Waals surface area contributed by atoms with E-state index in [0.29, 0.717) is 5.25 Å². The van der Waals surface area contributed by atoms with Gasteiger partial charge in [-0.1, -0.05) is 53.4 Å². The van der Waals surface area contributed by atoms with E-state index in [-0.39, 0.29) is 0 Å². The van der Waals surface area contributed by atoms with Crippen LogP contribution in [-0.4, -0.2) is 10.2 Å². The molecule has 0 bridgehead atoms. The fraction of sp³-hybridized carbons (Fsp3) is 0.273. The Hall–Kier alpha value is -0.870. The molecule has 0 saturated heterocycles. The highest BCUT2D eigenvalue weighted by Crippen LogP contribution is 2.35. The Balaban J connectivity index is 2.07. The van der Waals surface area contributed by atoms with E-state index in [2.05, 4.69) is 41.4 Å². The molecule has 2 rings (SSSR count). The number of hydrogen-bond donors (Lipinski definition) is 0. The molecular weight excluding hydrogens is 224 g/mol. The maximum absolute atomic E-state index is 4.11. The van der Waals surface area contributed by atoms with E-state index in [1.54, 1.807) is 23.1 Å². The van der Waals surface area contributed by atoms with Crippen LogP contribution in [0.5, 0.6) is 0 Å². The fourth-order valence-electron chi connectivity index (χ4n) is 1.27. The van der Waals surface area contributed by atoms with Gasteiger partial charge in [-0.3, -0.25) is 0 Å². The highest BCUT2D eigenvalue weighted by Gasteiger charge is 2.09. The van der Waals surface area contributed by atoms with Gasteiger partial charge in [-0.15, -0.1) is 10.2 Å². The molecule has 0 aliphatic rings. The van der Waals surface area contributed by atoms with Gasteiger partial charge in [-0.05, 0) is 19.4 Å². The van der Waals surface area contributed by atoms with Crippen molar-refractivity contribution in [2.45, 2.75) is 23.4 Å². The van der Waals surface area contributed by atoms with E-state index < -0.39 is 0 Å². The Bertz CT molecular complexity index is 425. The van der Waals surface area contributed by atoms with Gasteiger partial charge in [0.15, 0.2) is 4.34 Å². The third kappa shape index (κ3) is 2.79. The number of aryl methyl sites for hydroxylation is 1. The minimum absolute atomic E-state index is 0.429. The van der Waals surface area contributed by atoms with Gasteiger partial charge >= 0.3 is 0 Å². The van der Waals surface area contributed by atoms with Gasteiger partial charge in [-0.25, -0.2) is 0 Å². The summed E-state index contributed by atoms with van der Waals surface area (Å²) in [7, 11) is 0. The Morgan fingerprint density at radius 1 is 1.20 bits per heavy atom. The molecule has 0 spiro atoms. The molecule has 1 heterocycles. The molecule has 1 unspecified atom stereocenters. The quantitative estimate of drug-likeness (QED) is 0.760.